The summed E-state index contributed by atoms with van der Waals surface area (Å²) in [5.74, 6) is -0.301. The number of aliphatic hydroxyl groups is 1. The van der Waals surface area contributed by atoms with Gasteiger partial charge in [-0.05, 0) is 33.6 Å². The number of amides is 3. The van der Waals surface area contributed by atoms with Gasteiger partial charge in [-0.15, -0.1) is 0 Å². The molecule has 1 fully saturated rings. The number of aliphatic hydroxyl groups excluding tert-OH is 1. The number of hydrogen-bond donors (Lipinski definition) is 3. The molecule has 6 heteroatoms. The number of likely N-dealkylation sites (tertiary alicyclic amines) is 1. The zero-order chi connectivity index (χ0) is 13.7. The van der Waals surface area contributed by atoms with Gasteiger partial charge in [0.2, 0.25) is 5.91 Å². The zero-order valence-corrected chi connectivity index (χ0v) is 11.3. The average molecular weight is 257 g/mol. The van der Waals surface area contributed by atoms with Crippen molar-refractivity contribution in [2.75, 3.05) is 13.1 Å². The number of urea groups is 1. The van der Waals surface area contributed by atoms with E-state index in [1.165, 1.54) is 0 Å². The second kappa shape index (κ2) is 6.70. The maximum atomic E-state index is 11.8. The first-order chi connectivity index (χ1) is 8.40. The summed E-state index contributed by atoms with van der Waals surface area (Å²) in [5, 5.41) is 14.3. The molecular formula is C12H23N3O3. The van der Waals surface area contributed by atoms with Crippen LogP contribution in [0.5, 0.6) is 0 Å². The maximum Gasteiger partial charge on any atom is 0.321 e. The van der Waals surface area contributed by atoms with Crippen LogP contribution in [-0.2, 0) is 4.79 Å². The molecule has 18 heavy (non-hydrogen) atoms. The number of carbonyl (C=O) groups is 2. The van der Waals surface area contributed by atoms with E-state index >= 15 is 0 Å². The van der Waals surface area contributed by atoms with Crippen molar-refractivity contribution in [3.63, 3.8) is 0 Å². The number of hydrogen-bond acceptors (Lipinski definition) is 4. The molecule has 1 aliphatic rings. The van der Waals surface area contributed by atoms with Crippen LogP contribution in [0.25, 0.3) is 0 Å². The number of imide groups is 1. The molecule has 104 valence electrons. The Morgan fingerprint density at radius 1 is 1.22 bits per heavy atom. The molecule has 0 radical (unpaired) electrons. The van der Waals surface area contributed by atoms with Gasteiger partial charge < -0.3 is 10.4 Å². The van der Waals surface area contributed by atoms with Crippen LogP contribution in [-0.4, -0.2) is 53.2 Å². The summed E-state index contributed by atoms with van der Waals surface area (Å²) in [6.07, 6.45) is 1.09. The topological polar surface area (TPSA) is 81.7 Å². The second-order valence-electron chi connectivity index (χ2n) is 5.06. The number of nitrogens with zero attached hydrogens (tertiary/aromatic N) is 1. The Hall–Kier alpha value is -1.14. The Morgan fingerprint density at radius 2 is 1.78 bits per heavy atom. The Bertz CT molecular complexity index is 299. The van der Waals surface area contributed by atoms with E-state index in [1.807, 2.05) is 18.7 Å². The molecule has 0 saturated carbocycles. The molecule has 0 aromatic carbocycles. The predicted molar refractivity (Wildman–Crippen MR) is 68.1 cm³/mol. The lowest BCUT2D eigenvalue weighted by Crippen LogP contribution is -2.52. The van der Waals surface area contributed by atoms with Crippen LogP contribution in [0.15, 0.2) is 0 Å². The number of nitrogens with one attached hydrogen (secondary N) is 2. The van der Waals surface area contributed by atoms with Crippen LogP contribution in [0.2, 0.25) is 0 Å². The molecule has 1 atom stereocenters. The van der Waals surface area contributed by atoms with E-state index in [2.05, 4.69) is 10.6 Å². The lowest BCUT2D eigenvalue weighted by Gasteiger charge is -2.33. The van der Waals surface area contributed by atoms with Crippen LogP contribution in [0.4, 0.5) is 4.79 Å². The molecule has 0 spiro atoms. The van der Waals surface area contributed by atoms with Gasteiger partial charge in [0.25, 0.3) is 0 Å². The minimum absolute atomic E-state index is 0.00163. The molecule has 3 N–H and O–H groups in total. The van der Waals surface area contributed by atoms with Gasteiger partial charge in [-0.2, -0.15) is 0 Å². The highest BCUT2D eigenvalue weighted by molar-refractivity contribution is 5.96. The summed E-state index contributed by atoms with van der Waals surface area (Å²) < 4.78 is 0. The van der Waals surface area contributed by atoms with Gasteiger partial charge in [0.15, 0.2) is 0 Å². The lowest BCUT2D eigenvalue weighted by atomic mass is 10.1. The Balaban J connectivity index is 2.39. The fraction of sp³-hybridized carbons (Fsp3) is 0.833. The van der Waals surface area contributed by atoms with Crippen LogP contribution in [0, 0.1) is 0 Å². The maximum absolute atomic E-state index is 11.8. The van der Waals surface area contributed by atoms with Crippen LogP contribution in [0.3, 0.4) is 0 Å². The third-order valence-electron chi connectivity index (χ3n) is 3.08. The van der Waals surface area contributed by atoms with Crippen molar-refractivity contribution in [3.8, 4) is 0 Å². The fourth-order valence-corrected chi connectivity index (χ4v) is 1.95. The van der Waals surface area contributed by atoms with Crippen molar-refractivity contribution in [1.82, 2.24) is 15.5 Å². The Labute approximate surface area is 108 Å². The van der Waals surface area contributed by atoms with E-state index < -0.39 is 6.03 Å². The van der Waals surface area contributed by atoms with Crippen molar-refractivity contribution in [1.29, 1.82) is 0 Å². The summed E-state index contributed by atoms with van der Waals surface area (Å²) >= 11 is 0. The first kappa shape index (κ1) is 14.9. The van der Waals surface area contributed by atoms with E-state index in [-0.39, 0.29) is 24.1 Å². The fourth-order valence-electron chi connectivity index (χ4n) is 1.95. The summed E-state index contributed by atoms with van der Waals surface area (Å²) in [5.41, 5.74) is 0. The van der Waals surface area contributed by atoms with Crippen molar-refractivity contribution in [3.05, 3.63) is 0 Å². The normalized spacial score (nSPS) is 19.6. The summed E-state index contributed by atoms with van der Waals surface area (Å²) in [6.45, 7) is 6.80. The van der Waals surface area contributed by atoms with Crippen molar-refractivity contribution >= 4 is 11.9 Å². The van der Waals surface area contributed by atoms with E-state index in [4.69, 9.17) is 0 Å². The number of carbonyl (C=O) groups excluding carboxylic acids is 2. The monoisotopic (exact) mass is 257 g/mol. The van der Waals surface area contributed by atoms with Gasteiger partial charge in [0, 0.05) is 19.1 Å². The molecular weight excluding hydrogens is 234 g/mol. The predicted octanol–water partition coefficient (Wildman–Crippen LogP) is 0.0658. The molecule has 0 unspecified atom stereocenters. The van der Waals surface area contributed by atoms with Crippen molar-refractivity contribution < 1.29 is 14.7 Å². The highest BCUT2D eigenvalue weighted by Gasteiger charge is 2.26. The van der Waals surface area contributed by atoms with E-state index in [0.717, 1.165) is 0 Å². The van der Waals surface area contributed by atoms with Gasteiger partial charge in [-0.25, -0.2) is 4.79 Å². The summed E-state index contributed by atoms with van der Waals surface area (Å²) in [7, 11) is 0. The van der Waals surface area contributed by atoms with Gasteiger partial charge in [-0.1, -0.05) is 0 Å². The largest absolute Gasteiger partial charge is 0.393 e. The van der Waals surface area contributed by atoms with E-state index in [9.17, 15) is 14.7 Å². The number of rotatable bonds is 3. The highest BCUT2D eigenvalue weighted by atomic mass is 16.3. The van der Waals surface area contributed by atoms with Crippen molar-refractivity contribution in [2.24, 2.45) is 0 Å². The van der Waals surface area contributed by atoms with E-state index in [0.29, 0.717) is 25.9 Å². The van der Waals surface area contributed by atoms with Gasteiger partial charge >= 0.3 is 6.03 Å². The number of piperidine rings is 1. The standard InChI is InChI=1S/C12H23N3O3/c1-8(2)13-12(18)14-11(17)9(3)15-6-4-10(16)5-7-15/h8-10,16H,4-7H2,1-3H3,(H2,13,14,17,18)/t9-/m1/s1. The first-order valence-electron chi connectivity index (χ1n) is 6.43. The summed E-state index contributed by atoms with van der Waals surface area (Å²) in [6, 6.07) is -0.812. The minimum Gasteiger partial charge on any atom is -0.393 e. The van der Waals surface area contributed by atoms with E-state index in [1.54, 1.807) is 6.92 Å². The first-order valence-corrected chi connectivity index (χ1v) is 6.43. The molecule has 0 aromatic heterocycles. The smallest absolute Gasteiger partial charge is 0.321 e. The zero-order valence-electron chi connectivity index (χ0n) is 11.3. The summed E-state index contributed by atoms with van der Waals surface area (Å²) in [4.78, 5) is 25.2. The highest BCUT2D eigenvalue weighted by Crippen LogP contribution is 2.12. The van der Waals surface area contributed by atoms with Gasteiger partial charge in [0.05, 0.1) is 12.1 Å². The molecule has 1 rings (SSSR count). The quantitative estimate of drug-likeness (QED) is 0.668. The molecule has 0 bridgehead atoms. The van der Waals surface area contributed by atoms with Crippen molar-refractivity contribution in [2.45, 2.75) is 51.8 Å². The molecule has 1 heterocycles. The molecule has 1 saturated heterocycles. The van der Waals surface area contributed by atoms with Crippen LogP contribution in [0.1, 0.15) is 33.6 Å². The molecule has 3 amide bonds. The molecule has 0 aromatic rings. The third-order valence-corrected chi connectivity index (χ3v) is 3.08. The molecule has 6 nitrogen and oxygen atoms in total. The Morgan fingerprint density at radius 3 is 2.28 bits per heavy atom. The average Bonchev–Trinajstić information content (AvgIpc) is 2.27. The second-order valence-corrected chi connectivity index (χ2v) is 5.06. The van der Waals surface area contributed by atoms with Crippen LogP contribution >= 0.6 is 0 Å². The van der Waals surface area contributed by atoms with Gasteiger partial charge in [0.1, 0.15) is 0 Å². The lowest BCUT2D eigenvalue weighted by molar-refractivity contribution is -0.125. The minimum atomic E-state index is -0.459. The molecule has 0 aliphatic carbocycles. The Kier molecular flexibility index (Phi) is 5.55. The van der Waals surface area contributed by atoms with Crippen LogP contribution < -0.4 is 10.6 Å². The SMILES string of the molecule is CC(C)NC(=O)NC(=O)[C@@H](C)N1CCC(O)CC1. The van der Waals surface area contributed by atoms with Gasteiger partial charge in [-0.3, -0.25) is 15.0 Å². The molecule has 1 aliphatic heterocycles. The third kappa shape index (κ3) is 4.62.